The lowest BCUT2D eigenvalue weighted by Crippen LogP contribution is -2.02. The summed E-state index contributed by atoms with van der Waals surface area (Å²) in [6.07, 6.45) is 0. The van der Waals surface area contributed by atoms with E-state index in [4.69, 9.17) is 5.73 Å². The molecule has 0 saturated carbocycles. The molecule has 1 aromatic heterocycles. The molecule has 2 rings (SSSR count). The van der Waals surface area contributed by atoms with Gasteiger partial charge in [-0.15, -0.1) is 0 Å². The van der Waals surface area contributed by atoms with Gasteiger partial charge in [0.2, 0.25) is 5.88 Å². The van der Waals surface area contributed by atoms with Gasteiger partial charge in [-0.1, -0.05) is 5.16 Å². The minimum Gasteiger partial charge on any atom is -0.507 e. The predicted molar refractivity (Wildman–Crippen MR) is 61.0 cm³/mol. The van der Waals surface area contributed by atoms with Crippen molar-refractivity contribution in [2.45, 2.75) is 0 Å². The maximum absolute atomic E-state index is 11.4. The third-order valence-corrected chi connectivity index (χ3v) is 2.32. The number of aromatic nitrogens is 1. The number of hydrogen-bond donors (Lipinski definition) is 3. The zero-order valence-electron chi connectivity index (χ0n) is 9.38. The number of nitrogens with two attached hydrogens (primary N) is 1. The second-order valence-corrected chi connectivity index (χ2v) is 3.49. The van der Waals surface area contributed by atoms with Gasteiger partial charge < -0.3 is 25.2 Å². The standard InChI is InChI=1S/C11H10N2O5/c1-17-11(16)6-2-5(8(14)4-9(6)15)7-3-10(12)18-13-7/h2-4,14-15H,12H2,1H3. The molecule has 0 atom stereocenters. The number of carbonyl (C=O) groups excluding carboxylic acids is 1. The fourth-order valence-electron chi connectivity index (χ4n) is 1.47. The van der Waals surface area contributed by atoms with E-state index in [-0.39, 0.29) is 34.2 Å². The molecule has 0 saturated heterocycles. The van der Waals surface area contributed by atoms with Gasteiger partial charge in [-0.05, 0) is 6.07 Å². The van der Waals surface area contributed by atoms with Crippen molar-refractivity contribution in [3.05, 3.63) is 23.8 Å². The van der Waals surface area contributed by atoms with Crippen molar-refractivity contribution in [3.63, 3.8) is 0 Å². The van der Waals surface area contributed by atoms with E-state index >= 15 is 0 Å². The van der Waals surface area contributed by atoms with Crippen LogP contribution in [0.4, 0.5) is 5.88 Å². The number of phenols is 2. The number of aromatic hydroxyl groups is 2. The quantitative estimate of drug-likeness (QED) is 0.683. The third kappa shape index (κ3) is 1.93. The topological polar surface area (TPSA) is 119 Å². The molecule has 0 aliphatic heterocycles. The lowest BCUT2D eigenvalue weighted by atomic mass is 10.1. The Hall–Kier alpha value is -2.70. The summed E-state index contributed by atoms with van der Waals surface area (Å²) in [7, 11) is 1.18. The Morgan fingerprint density at radius 2 is 2.06 bits per heavy atom. The van der Waals surface area contributed by atoms with Crippen molar-refractivity contribution in [2.24, 2.45) is 0 Å². The summed E-state index contributed by atoms with van der Waals surface area (Å²) >= 11 is 0. The molecule has 0 spiro atoms. The number of esters is 1. The first-order valence-corrected chi connectivity index (χ1v) is 4.89. The van der Waals surface area contributed by atoms with Gasteiger partial charge in [0.1, 0.15) is 22.8 Å². The maximum atomic E-state index is 11.4. The Balaban J connectivity index is 2.58. The highest BCUT2D eigenvalue weighted by molar-refractivity contribution is 5.94. The zero-order valence-corrected chi connectivity index (χ0v) is 9.38. The minimum atomic E-state index is -0.731. The highest BCUT2D eigenvalue weighted by Gasteiger charge is 2.18. The van der Waals surface area contributed by atoms with Crippen molar-refractivity contribution in [1.82, 2.24) is 5.16 Å². The average molecular weight is 250 g/mol. The van der Waals surface area contributed by atoms with Gasteiger partial charge in [0.25, 0.3) is 0 Å². The van der Waals surface area contributed by atoms with Gasteiger partial charge in [-0.3, -0.25) is 0 Å². The second kappa shape index (κ2) is 4.28. The molecule has 0 aliphatic rings. The third-order valence-electron chi connectivity index (χ3n) is 2.32. The Morgan fingerprint density at radius 3 is 2.61 bits per heavy atom. The molecule has 7 heteroatoms. The number of hydrogen-bond acceptors (Lipinski definition) is 7. The van der Waals surface area contributed by atoms with Crippen LogP contribution in [0.3, 0.4) is 0 Å². The number of benzene rings is 1. The van der Waals surface area contributed by atoms with Crippen LogP contribution in [-0.4, -0.2) is 28.4 Å². The van der Waals surface area contributed by atoms with E-state index < -0.39 is 5.97 Å². The number of methoxy groups -OCH3 is 1. The number of nitrogens with zero attached hydrogens (tertiary/aromatic N) is 1. The molecule has 0 aliphatic carbocycles. The van der Waals surface area contributed by atoms with Gasteiger partial charge in [-0.25, -0.2) is 4.79 Å². The van der Waals surface area contributed by atoms with E-state index in [2.05, 4.69) is 14.4 Å². The number of rotatable bonds is 2. The Bertz CT molecular complexity index is 605. The maximum Gasteiger partial charge on any atom is 0.341 e. The van der Waals surface area contributed by atoms with Crippen LogP contribution >= 0.6 is 0 Å². The summed E-state index contributed by atoms with van der Waals surface area (Å²) in [5, 5.41) is 22.8. The number of ether oxygens (including phenoxy) is 1. The van der Waals surface area contributed by atoms with Crippen LogP contribution in [0.2, 0.25) is 0 Å². The summed E-state index contributed by atoms with van der Waals surface area (Å²) in [5.41, 5.74) is 5.73. The molecule has 1 aromatic carbocycles. The summed E-state index contributed by atoms with van der Waals surface area (Å²) in [6, 6.07) is 3.65. The lowest BCUT2D eigenvalue weighted by molar-refractivity contribution is 0.0597. The molecule has 4 N–H and O–H groups in total. The molecule has 0 radical (unpaired) electrons. The van der Waals surface area contributed by atoms with Crippen LogP contribution in [0, 0.1) is 0 Å². The van der Waals surface area contributed by atoms with Crippen LogP contribution in [0.25, 0.3) is 11.3 Å². The van der Waals surface area contributed by atoms with Crippen LogP contribution < -0.4 is 5.73 Å². The highest BCUT2D eigenvalue weighted by atomic mass is 16.5. The van der Waals surface area contributed by atoms with E-state index in [9.17, 15) is 15.0 Å². The molecule has 0 fully saturated rings. The molecule has 0 bridgehead atoms. The van der Waals surface area contributed by atoms with Crippen LogP contribution in [0.15, 0.2) is 22.7 Å². The first kappa shape index (κ1) is 11.8. The Morgan fingerprint density at radius 1 is 1.33 bits per heavy atom. The molecule has 0 amide bonds. The van der Waals surface area contributed by atoms with Crippen LogP contribution in [-0.2, 0) is 4.74 Å². The number of phenolic OH excluding ortho intramolecular Hbond substituents is 2. The lowest BCUT2D eigenvalue weighted by Gasteiger charge is -2.06. The fourth-order valence-corrected chi connectivity index (χ4v) is 1.47. The molecular weight excluding hydrogens is 240 g/mol. The molecule has 18 heavy (non-hydrogen) atoms. The number of nitrogen functional groups attached to an aromatic ring is 1. The summed E-state index contributed by atoms with van der Waals surface area (Å²) < 4.78 is 9.17. The SMILES string of the molecule is COC(=O)c1cc(-c2cc(N)on2)c(O)cc1O. The number of anilines is 1. The summed E-state index contributed by atoms with van der Waals surface area (Å²) in [5.74, 6) is -1.31. The van der Waals surface area contributed by atoms with E-state index in [1.165, 1.54) is 19.2 Å². The molecule has 2 aromatic rings. The van der Waals surface area contributed by atoms with Gasteiger partial charge >= 0.3 is 5.97 Å². The first-order chi connectivity index (χ1) is 8.52. The largest absolute Gasteiger partial charge is 0.507 e. The molecule has 7 nitrogen and oxygen atoms in total. The van der Waals surface area contributed by atoms with Crippen molar-refractivity contribution in [2.75, 3.05) is 12.8 Å². The monoisotopic (exact) mass is 250 g/mol. The van der Waals surface area contributed by atoms with Gasteiger partial charge in [-0.2, -0.15) is 0 Å². The first-order valence-electron chi connectivity index (χ1n) is 4.89. The second-order valence-electron chi connectivity index (χ2n) is 3.49. The highest BCUT2D eigenvalue weighted by Crippen LogP contribution is 2.35. The molecule has 1 heterocycles. The minimum absolute atomic E-state index is 0.0668. The Labute approximate surface area is 101 Å². The van der Waals surface area contributed by atoms with Gasteiger partial charge in [0, 0.05) is 17.7 Å². The van der Waals surface area contributed by atoms with Crippen molar-refractivity contribution in [1.29, 1.82) is 0 Å². The zero-order chi connectivity index (χ0) is 13.3. The Kier molecular flexibility index (Phi) is 2.80. The normalized spacial score (nSPS) is 10.3. The summed E-state index contributed by atoms with van der Waals surface area (Å²) in [4.78, 5) is 11.4. The fraction of sp³-hybridized carbons (Fsp3) is 0.0909. The average Bonchev–Trinajstić information content (AvgIpc) is 2.75. The molecule has 94 valence electrons. The van der Waals surface area contributed by atoms with E-state index in [0.717, 1.165) is 6.07 Å². The van der Waals surface area contributed by atoms with E-state index in [1.54, 1.807) is 0 Å². The van der Waals surface area contributed by atoms with Gasteiger partial charge in [0.15, 0.2) is 0 Å². The van der Waals surface area contributed by atoms with E-state index in [0.29, 0.717) is 0 Å². The van der Waals surface area contributed by atoms with Crippen molar-refractivity contribution < 1.29 is 24.3 Å². The number of carbonyl (C=O) groups is 1. The van der Waals surface area contributed by atoms with Crippen LogP contribution in [0.1, 0.15) is 10.4 Å². The van der Waals surface area contributed by atoms with Crippen molar-refractivity contribution in [3.8, 4) is 22.8 Å². The predicted octanol–water partition coefficient (Wildman–Crippen LogP) is 1.12. The molecule has 0 unspecified atom stereocenters. The van der Waals surface area contributed by atoms with Gasteiger partial charge in [0.05, 0.1) is 7.11 Å². The summed E-state index contributed by atoms with van der Waals surface area (Å²) in [6.45, 7) is 0. The smallest absolute Gasteiger partial charge is 0.341 e. The van der Waals surface area contributed by atoms with E-state index in [1.807, 2.05) is 0 Å². The van der Waals surface area contributed by atoms with Crippen LogP contribution in [0.5, 0.6) is 11.5 Å². The molecular formula is C11H10N2O5. The van der Waals surface area contributed by atoms with Crippen molar-refractivity contribution >= 4 is 11.9 Å².